The van der Waals surface area contributed by atoms with Crippen LogP contribution in [0, 0.1) is 0 Å². The van der Waals surface area contributed by atoms with Crippen molar-refractivity contribution in [2.24, 2.45) is 0 Å². The molecule has 0 amide bonds. The molecule has 0 aliphatic rings. The van der Waals surface area contributed by atoms with Gasteiger partial charge in [0.15, 0.2) is 11.5 Å². The summed E-state index contributed by atoms with van der Waals surface area (Å²) < 4.78 is 5.15. The number of hydrogen-bond acceptors (Lipinski definition) is 5. The molecule has 0 fully saturated rings. The topological polar surface area (TPSA) is 87.0 Å². The SMILES string of the molecule is CCOc1cc(C=O)cc(C(O)C(O)CCl)c1O. The van der Waals surface area contributed by atoms with Crippen molar-refractivity contribution in [1.29, 1.82) is 0 Å². The number of phenols is 1. The third kappa shape index (κ3) is 3.13. The van der Waals surface area contributed by atoms with Crippen LogP contribution >= 0.6 is 11.6 Å². The molecule has 0 heterocycles. The maximum absolute atomic E-state index is 10.8. The highest BCUT2D eigenvalue weighted by atomic mass is 35.5. The third-order valence-electron chi connectivity index (χ3n) is 2.40. The number of aliphatic hydroxyl groups excluding tert-OH is 2. The van der Waals surface area contributed by atoms with Gasteiger partial charge in [0.25, 0.3) is 0 Å². The van der Waals surface area contributed by atoms with Gasteiger partial charge in [-0.3, -0.25) is 4.79 Å². The fraction of sp³-hybridized carbons (Fsp3) is 0.417. The van der Waals surface area contributed by atoms with Crippen molar-refractivity contribution in [3.05, 3.63) is 23.3 Å². The van der Waals surface area contributed by atoms with E-state index >= 15 is 0 Å². The lowest BCUT2D eigenvalue weighted by molar-refractivity contribution is 0.0309. The number of ether oxygens (including phenoxy) is 1. The first-order valence-electron chi connectivity index (χ1n) is 5.42. The standard InChI is InChI=1S/C12H15ClO5/c1-2-18-10-4-7(6-14)3-8(12(10)17)11(16)9(15)5-13/h3-4,6,9,11,15-17H,2,5H2,1H3. The molecular weight excluding hydrogens is 260 g/mol. The molecule has 3 N–H and O–H groups in total. The number of aldehydes is 1. The van der Waals surface area contributed by atoms with Gasteiger partial charge >= 0.3 is 0 Å². The van der Waals surface area contributed by atoms with Crippen LogP contribution in [-0.4, -0.2) is 40.2 Å². The minimum absolute atomic E-state index is 0.0104. The van der Waals surface area contributed by atoms with Gasteiger partial charge in [-0.1, -0.05) is 0 Å². The number of rotatable bonds is 6. The van der Waals surface area contributed by atoms with Crippen LogP contribution in [-0.2, 0) is 0 Å². The Morgan fingerprint density at radius 2 is 2.11 bits per heavy atom. The number of phenolic OH excluding ortho intramolecular Hbond substituents is 1. The van der Waals surface area contributed by atoms with Crippen LogP contribution in [0.15, 0.2) is 12.1 Å². The summed E-state index contributed by atoms with van der Waals surface area (Å²) in [5.74, 6) is -0.423. The maximum Gasteiger partial charge on any atom is 0.163 e. The summed E-state index contributed by atoms with van der Waals surface area (Å²) in [5, 5.41) is 29.2. The van der Waals surface area contributed by atoms with Crippen molar-refractivity contribution in [2.45, 2.75) is 19.1 Å². The van der Waals surface area contributed by atoms with E-state index < -0.39 is 12.2 Å². The van der Waals surface area contributed by atoms with Crippen LogP contribution in [0.3, 0.4) is 0 Å². The number of carbonyl (C=O) groups excluding carboxylic acids is 1. The normalized spacial score (nSPS) is 14.0. The second kappa shape index (κ2) is 6.58. The highest BCUT2D eigenvalue weighted by molar-refractivity contribution is 6.18. The molecule has 1 rings (SSSR count). The van der Waals surface area contributed by atoms with Gasteiger partial charge in [0.2, 0.25) is 0 Å². The lowest BCUT2D eigenvalue weighted by atomic mass is 10.0. The molecule has 0 aliphatic heterocycles. The number of alkyl halides is 1. The Labute approximate surface area is 110 Å². The van der Waals surface area contributed by atoms with Crippen molar-refractivity contribution in [2.75, 3.05) is 12.5 Å². The van der Waals surface area contributed by atoms with E-state index in [2.05, 4.69) is 0 Å². The molecule has 6 heteroatoms. The molecule has 18 heavy (non-hydrogen) atoms. The molecule has 2 unspecified atom stereocenters. The lowest BCUT2D eigenvalue weighted by Crippen LogP contribution is -2.20. The Bertz CT molecular complexity index is 421. The second-order valence-electron chi connectivity index (χ2n) is 3.67. The highest BCUT2D eigenvalue weighted by Gasteiger charge is 2.23. The Hall–Kier alpha value is -1.30. The second-order valence-corrected chi connectivity index (χ2v) is 3.98. The van der Waals surface area contributed by atoms with Crippen LogP contribution < -0.4 is 4.74 Å². The molecule has 0 saturated carbocycles. The molecule has 0 bridgehead atoms. The van der Waals surface area contributed by atoms with E-state index in [9.17, 15) is 20.1 Å². The number of benzene rings is 1. The van der Waals surface area contributed by atoms with Crippen LogP contribution in [0.2, 0.25) is 0 Å². The van der Waals surface area contributed by atoms with Gasteiger partial charge in [-0.15, -0.1) is 11.6 Å². The summed E-state index contributed by atoms with van der Waals surface area (Å²) in [6.45, 7) is 2.01. The van der Waals surface area contributed by atoms with Crippen LogP contribution in [0.1, 0.15) is 28.9 Å². The zero-order chi connectivity index (χ0) is 13.7. The summed E-state index contributed by atoms with van der Waals surface area (Å²) >= 11 is 5.43. The average Bonchev–Trinajstić information content (AvgIpc) is 2.39. The van der Waals surface area contributed by atoms with Crippen LogP contribution in [0.4, 0.5) is 0 Å². The van der Waals surface area contributed by atoms with E-state index in [0.29, 0.717) is 12.9 Å². The predicted octanol–water partition coefficient (Wildman–Crippen LogP) is 1.24. The van der Waals surface area contributed by atoms with Gasteiger partial charge in [-0.25, -0.2) is 0 Å². The number of aliphatic hydroxyl groups is 2. The molecule has 5 nitrogen and oxygen atoms in total. The summed E-state index contributed by atoms with van der Waals surface area (Å²) in [6.07, 6.45) is -2.07. The van der Waals surface area contributed by atoms with Crippen molar-refractivity contribution >= 4 is 17.9 Å². The van der Waals surface area contributed by atoms with E-state index in [4.69, 9.17) is 16.3 Å². The first kappa shape index (κ1) is 14.8. The Kier molecular flexibility index (Phi) is 5.40. The molecule has 1 aromatic carbocycles. The fourth-order valence-corrected chi connectivity index (χ4v) is 1.67. The zero-order valence-corrected chi connectivity index (χ0v) is 10.6. The summed E-state index contributed by atoms with van der Waals surface area (Å²) in [5.41, 5.74) is 0.239. The van der Waals surface area contributed by atoms with Crippen molar-refractivity contribution in [3.63, 3.8) is 0 Å². The summed E-state index contributed by atoms with van der Waals surface area (Å²) in [4.78, 5) is 10.8. The molecular formula is C12H15ClO5. The zero-order valence-electron chi connectivity index (χ0n) is 9.84. The van der Waals surface area contributed by atoms with Crippen molar-refractivity contribution < 1.29 is 24.9 Å². The molecule has 0 saturated heterocycles. The third-order valence-corrected chi connectivity index (χ3v) is 2.72. The maximum atomic E-state index is 10.8. The van der Waals surface area contributed by atoms with Gasteiger partial charge in [-0.2, -0.15) is 0 Å². The number of halogens is 1. The highest BCUT2D eigenvalue weighted by Crippen LogP contribution is 2.36. The molecule has 0 aromatic heterocycles. The molecule has 0 spiro atoms. The Morgan fingerprint density at radius 3 is 2.61 bits per heavy atom. The smallest absolute Gasteiger partial charge is 0.163 e. The van der Waals surface area contributed by atoms with Crippen molar-refractivity contribution in [3.8, 4) is 11.5 Å². The number of aromatic hydroxyl groups is 1. The monoisotopic (exact) mass is 274 g/mol. The average molecular weight is 275 g/mol. The van der Waals surface area contributed by atoms with E-state index in [1.807, 2.05) is 0 Å². The van der Waals surface area contributed by atoms with E-state index in [1.54, 1.807) is 6.92 Å². The first-order chi connectivity index (χ1) is 8.54. The van der Waals surface area contributed by atoms with Crippen LogP contribution in [0.25, 0.3) is 0 Å². The Morgan fingerprint density at radius 1 is 1.44 bits per heavy atom. The van der Waals surface area contributed by atoms with E-state index in [0.717, 1.165) is 0 Å². The van der Waals surface area contributed by atoms with Gasteiger partial charge in [0.1, 0.15) is 12.4 Å². The quantitative estimate of drug-likeness (QED) is 0.537. The van der Waals surface area contributed by atoms with E-state index in [1.165, 1.54) is 12.1 Å². The van der Waals surface area contributed by atoms with Crippen LogP contribution in [0.5, 0.6) is 11.5 Å². The fourth-order valence-electron chi connectivity index (χ4n) is 1.50. The minimum Gasteiger partial charge on any atom is -0.504 e. The first-order valence-corrected chi connectivity index (χ1v) is 5.95. The minimum atomic E-state index is -1.39. The van der Waals surface area contributed by atoms with Gasteiger partial charge in [-0.05, 0) is 19.1 Å². The molecule has 0 radical (unpaired) electrons. The van der Waals surface area contributed by atoms with E-state index in [-0.39, 0.29) is 28.5 Å². The van der Waals surface area contributed by atoms with Gasteiger partial charge < -0.3 is 20.1 Å². The van der Waals surface area contributed by atoms with Gasteiger partial charge in [0, 0.05) is 11.1 Å². The molecule has 2 atom stereocenters. The molecule has 0 aliphatic carbocycles. The number of hydrogen-bond donors (Lipinski definition) is 3. The van der Waals surface area contributed by atoms with Gasteiger partial charge in [0.05, 0.1) is 18.6 Å². The summed E-state index contributed by atoms with van der Waals surface area (Å²) in [6, 6.07) is 2.64. The summed E-state index contributed by atoms with van der Waals surface area (Å²) in [7, 11) is 0. The predicted molar refractivity (Wildman–Crippen MR) is 66.3 cm³/mol. The Balaban J connectivity index is 3.24. The molecule has 1 aromatic rings. The number of carbonyl (C=O) groups is 1. The largest absolute Gasteiger partial charge is 0.504 e. The lowest BCUT2D eigenvalue weighted by Gasteiger charge is -2.19. The van der Waals surface area contributed by atoms with Crippen molar-refractivity contribution in [1.82, 2.24) is 0 Å². The molecule has 100 valence electrons.